The van der Waals surface area contributed by atoms with Crippen molar-refractivity contribution in [1.29, 1.82) is 5.26 Å². The van der Waals surface area contributed by atoms with Crippen molar-refractivity contribution in [1.82, 2.24) is 10.6 Å². The van der Waals surface area contributed by atoms with Gasteiger partial charge in [-0.1, -0.05) is 18.2 Å². The van der Waals surface area contributed by atoms with Gasteiger partial charge in [0.05, 0.1) is 29.3 Å². The smallest absolute Gasteiger partial charge is 0.324 e. The summed E-state index contributed by atoms with van der Waals surface area (Å²) in [5.74, 6) is -0.292. The molecule has 0 aliphatic heterocycles. The molecule has 10 heteroatoms. The highest BCUT2D eigenvalue weighted by Gasteiger charge is 2.15. The Bertz CT molecular complexity index is 1320. The third kappa shape index (κ3) is 7.66. The average molecular weight is 498 g/mol. The molecule has 0 saturated carbocycles. The second kappa shape index (κ2) is 13.1. The van der Waals surface area contributed by atoms with Gasteiger partial charge < -0.3 is 20.9 Å². The lowest BCUT2D eigenvalue weighted by Gasteiger charge is -2.19. The molecule has 3 aromatic carbocycles. The van der Waals surface area contributed by atoms with Crippen molar-refractivity contribution in [3.05, 3.63) is 83.9 Å². The summed E-state index contributed by atoms with van der Waals surface area (Å²) >= 11 is 0. The van der Waals surface area contributed by atoms with Gasteiger partial charge in [-0.05, 0) is 54.6 Å². The summed E-state index contributed by atoms with van der Waals surface area (Å²) in [4.78, 5) is 42.6. The largest absolute Gasteiger partial charge is 0.383 e. The fraction of sp³-hybridized carbons (Fsp3) is 0.148. The van der Waals surface area contributed by atoms with Crippen LogP contribution in [0.2, 0.25) is 0 Å². The molecule has 0 saturated heterocycles. The van der Waals surface area contributed by atoms with E-state index in [2.05, 4.69) is 26.3 Å². The number of nitrogens with zero attached hydrogens (tertiary/aromatic N) is 3. The molecule has 10 nitrogen and oxygen atoms in total. The van der Waals surface area contributed by atoms with Gasteiger partial charge in [-0.3, -0.25) is 14.9 Å². The average Bonchev–Trinajstić information content (AvgIpc) is 2.93. The van der Waals surface area contributed by atoms with E-state index >= 15 is 0 Å². The van der Waals surface area contributed by atoms with Gasteiger partial charge >= 0.3 is 6.03 Å². The van der Waals surface area contributed by atoms with Crippen LogP contribution >= 0.6 is 0 Å². The molecule has 0 fully saturated rings. The highest BCUT2D eigenvalue weighted by Crippen LogP contribution is 2.30. The first-order valence-corrected chi connectivity index (χ1v) is 11.4. The van der Waals surface area contributed by atoms with Gasteiger partial charge in [0.25, 0.3) is 5.91 Å². The lowest BCUT2D eigenvalue weighted by Crippen LogP contribution is -2.27. The zero-order valence-corrected chi connectivity index (χ0v) is 20.5. The summed E-state index contributed by atoms with van der Waals surface area (Å²) in [6, 6.07) is 22.1. The number of nitriles is 1. The number of benzene rings is 3. The van der Waals surface area contributed by atoms with Crippen molar-refractivity contribution in [2.45, 2.75) is 6.42 Å². The van der Waals surface area contributed by atoms with Gasteiger partial charge in [-0.2, -0.15) is 5.26 Å². The number of hydrogen-bond acceptors (Lipinski definition) is 6. The number of anilines is 3. The van der Waals surface area contributed by atoms with E-state index in [1.807, 2.05) is 12.1 Å². The minimum atomic E-state index is -0.518. The maximum absolute atomic E-state index is 12.9. The zero-order chi connectivity index (χ0) is 26.6. The van der Waals surface area contributed by atoms with E-state index in [4.69, 9.17) is 5.26 Å². The standard InChI is InChI=1S/C27H27N7O3/c1-29-25(35)14-15-30-23-13-12-22(34(2)26(36)20-6-4-3-5-7-20)16-24(23)31-18-32-27(37)33-21-10-8-19(17-28)9-11-21/h3-13,16,18,30H,14-15H2,1-2H3,(H,29,35)(H2,31,32,33,37). The van der Waals surface area contributed by atoms with E-state index in [0.717, 1.165) is 0 Å². The Morgan fingerprint density at radius 3 is 2.43 bits per heavy atom. The van der Waals surface area contributed by atoms with Crippen LogP contribution in [-0.2, 0) is 4.79 Å². The molecule has 37 heavy (non-hydrogen) atoms. The molecule has 4 N–H and O–H groups in total. The number of urea groups is 1. The van der Waals surface area contributed by atoms with Gasteiger partial charge in [0.15, 0.2) is 0 Å². The molecule has 3 rings (SSSR count). The Morgan fingerprint density at radius 2 is 1.76 bits per heavy atom. The summed E-state index contributed by atoms with van der Waals surface area (Å²) in [6.07, 6.45) is 1.50. The first-order chi connectivity index (χ1) is 17.9. The van der Waals surface area contributed by atoms with Crippen LogP contribution < -0.4 is 26.2 Å². The predicted molar refractivity (Wildman–Crippen MR) is 144 cm³/mol. The van der Waals surface area contributed by atoms with Crippen LogP contribution in [0.3, 0.4) is 0 Å². The number of aliphatic imine (C=N–C) groups is 1. The molecule has 188 valence electrons. The first kappa shape index (κ1) is 26.4. The number of hydrogen-bond donors (Lipinski definition) is 4. The summed E-state index contributed by atoms with van der Waals surface area (Å²) in [6.45, 7) is 0.368. The summed E-state index contributed by atoms with van der Waals surface area (Å²) in [5, 5.41) is 19.8. The molecule has 4 amide bonds. The molecule has 0 spiro atoms. The number of carbonyl (C=O) groups is 3. The Kier molecular flexibility index (Phi) is 9.33. The van der Waals surface area contributed by atoms with Gasteiger partial charge in [0.2, 0.25) is 5.91 Å². The van der Waals surface area contributed by atoms with Crippen LogP contribution in [0.25, 0.3) is 0 Å². The van der Waals surface area contributed by atoms with E-state index in [1.165, 1.54) is 11.2 Å². The monoisotopic (exact) mass is 497 g/mol. The Hall–Kier alpha value is -5.17. The van der Waals surface area contributed by atoms with E-state index in [9.17, 15) is 14.4 Å². The van der Waals surface area contributed by atoms with E-state index in [-0.39, 0.29) is 18.2 Å². The second-order valence-corrected chi connectivity index (χ2v) is 7.83. The van der Waals surface area contributed by atoms with Crippen molar-refractivity contribution in [2.75, 3.05) is 36.2 Å². The summed E-state index contributed by atoms with van der Waals surface area (Å²) in [5.41, 5.74) is 3.23. The summed E-state index contributed by atoms with van der Waals surface area (Å²) in [7, 11) is 3.24. The lowest BCUT2D eigenvalue weighted by molar-refractivity contribution is -0.120. The fourth-order valence-electron chi connectivity index (χ4n) is 3.27. The highest BCUT2D eigenvalue weighted by molar-refractivity contribution is 6.06. The Morgan fingerprint density at radius 1 is 1.03 bits per heavy atom. The van der Waals surface area contributed by atoms with Crippen LogP contribution in [0.4, 0.5) is 27.5 Å². The minimum Gasteiger partial charge on any atom is -0.383 e. The highest BCUT2D eigenvalue weighted by atomic mass is 16.2. The normalized spacial score (nSPS) is 10.3. The van der Waals surface area contributed by atoms with Crippen molar-refractivity contribution >= 4 is 46.9 Å². The van der Waals surface area contributed by atoms with Crippen LogP contribution in [-0.4, -0.2) is 44.8 Å². The quantitative estimate of drug-likeness (QED) is 0.263. The van der Waals surface area contributed by atoms with Gasteiger partial charge in [0, 0.05) is 44.0 Å². The van der Waals surface area contributed by atoms with E-state index in [0.29, 0.717) is 40.4 Å². The molecule has 3 aromatic rings. The van der Waals surface area contributed by atoms with Crippen LogP contribution in [0.1, 0.15) is 22.3 Å². The molecule has 0 bridgehead atoms. The van der Waals surface area contributed by atoms with Crippen molar-refractivity contribution in [3.63, 3.8) is 0 Å². The molecule has 0 aliphatic carbocycles. The van der Waals surface area contributed by atoms with Gasteiger partial charge in [0.1, 0.15) is 0 Å². The fourth-order valence-corrected chi connectivity index (χ4v) is 3.27. The molecule has 0 aromatic heterocycles. The van der Waals surface area contributed by atoms with Gasteiger partial charge in [-0.25, -0.2) is 9.79 Å². The number of rotatable bonds is 9. The molecular weight excluding hydrogens is 470 g/mol. The lowest BCUT2D eigenvalue weighted by atomic mass is 10.1. The Balaban J connectivity index is 1.75. The van der Waals surface area contributed by atoms with Crippen LogP contribution in [0, 0.1) is 11.3 Å². The number of amides is 4. The van der Waals surface area contributed by atoms with Crippen molar-refractivity contribution in [2.24, 2.45) is 4.99 Å². The predicted octanol–water partition coefficient (Wildman–Crippen LogP) is 3.86. The molecule has 0 aliphatic rings. The Labute approximate surface area is 215 Å². The van der Waals surface area contributed by atoms with Crippen molar-refractivity contribution in [3.8, 4) is 6.07 Å². The number of carbonyl (C=O) groups excluding carboxylic acids is 3. The maximum atomic E-state index is 12.9. The third-order valence-corrected chi connectivity index (χ3v) is 5.31. The molecule has 0 radical (unpaired) electrons. The number of nitrogens with one attached hydrogen (secondary N) is 4. The minimum absolute atomic E-state index is 0.108. The zero-order valence-electron chi connectivity index (χ0n) is 20.5. The van der Waals surface area contributed by atoms with E-state index < -0.39 is 6.03 Å². The maximum Gasteiger partial charge on any atom is 0.324 e. The topological polar surface area (TPSA) is 139 Å². The second-order valence-electron chi connectivity index (χ2n) is 7.83. The molecule has 0 unspecified atom stereocenters. The molecule has 0 atom stereocenters. The summed E-state index contributed by atoms with van der Waals surface area (Å²) < 4.78 is 0. The SMILES string of the molecule is CNC(=O)CCNc1ccc(N(C)C(=O)c2ccccc2)cc1N=CNC(=O)Nc1ccc(C#N)cc1. The van der Waals surface area contributed by atoms with Crippen molar-refractivity contribution < 1.29 is 14.4 Å². The molecular formula is C27H27N7O3. The first-order valence-electron chi connectivity index (χ1n) is 11.4. The van der Waals surface area contributed by atoms with E-state index in [1.54, 1.807) is 80.8 Å². The van der Waals surface area contributed by atoms with Crippen LogP contribution in [0.5, 0.6) is 0 Å². The van der Waals surface area contributed by atoms with Gasteiger partial charge in [-0.15, -0.1) is 0 Å². The molecule has 0 heterocycles. The van der Waals surface area contributed by atoms with Crippen LogP contribution in [0.15, 0.2) is 77.8 Å². The third-order valence-electron chi connectivity index (χ3n) is 5.31.